The molecule has 0 fully saturated rings. The molecule has 2 rings (SSSR count). The van der Waals surface area contributed by atoms with E-state index in [0.717, 1.165) is 10.8 Å². The van der Waals surface area contributed by atoms with Crippen LogP contribution in [0.1, 0.15) is 25.6 Å². The van der Waals surface area contributed by atoms with E-state index in [1.165, 1.54) is 11.3 Å². The molecular weight excluding hydrogens is 172 g/mol. The molecule has 12 heavy (non-hydrogen) atoms. The SMILES string of the molecule is CC(C)c1nc2scc(N)n2n1. The van der Waals surface area contributed by atoms with Crippen molar-refractivity contribution in [1.29, 1.82) is 0 Å². The summed E-state index contributed by atoms with van der Waals surface area (Å²) in [6.07, 6.45) is 0. The van der Waals surface area contributed by atoms with Crippen LogP contribution in [0.5, 0.6) is 0 Å². The maximum Gasteiger partial charge on any atom is 0.214 e. The van der Waals surface area contributed by atoms with E-state index >= 15 is 0 Å². The maximum absolute atomic E-state index is 5.66. The van der Waals surface area contributed by atoms with Crippen LogP contribution in [0, 0.1) is 0 Å². The lowest BCUT2D eigenvalue weighted by atomic mass is 10.2. The first kappa shape index (κ1) is 7.54. The maximum atomic E-state index is 5.66. The minimum Gasteiger partial charge on any atom is -0.383 e. The number of fused-ring (bicyclic) bond motifs is 1. The molecule has 2 N–H and O–H groups in total. The van der Waals surface area contributed by atoms with Crippen LogP contribution >= 0.6 is 11.3 Å². The normalized spacial score (nSPS) is 11.6. The Morgan fingerprint density at radius 3 is 2.92 bits per heavy atom. The molecule has 0 bridgehead atoms. The molecule has 2 aromatic rings. The van der Waals surface area contributed by atoms with Gasteiger partial charge in [-0.05, 0) is 0 Å². The van der Waals surface area contributed by atoms with Gasteiger partial charge in [-0.1, -0.05) is 13.8 Å². The first-order valence-corrected chi connectivity index (χ1v) is 4.66. The zero-order valence-electron chi connectivity index (χ0n) is 6.98. The van der Waals surface area contributed by atoms with Crippen molar-refractivity contribution in [3.05, 3.63) is 11.2 Å². The number of nitrogen functional groups attached to an aromatic ring is 1. The first-order chi connectivity index (χ1) is 5.68. The van der Waals surface area contributed by atoms with Crippen LogP contribution < -0.4 is 5.73 Å². The number of hydrogen-bond acceptors (Lipinski definition) is 4. The van der Waals surface area contributed by atoms with Crippen molar-refractivity contribution in [1.82, 2.24) is 14.6 Å². The largest absolute Gasteiger partial charge is 0.383 e. The van der Waals surface area contributed by atoms with Gasteiger partial charge in [-0.2, -0.15) is 4.52 Å². The molecule has 0 amide bonds. The molecule has 0 aliphatic carbocycles. The summed E-state index contributed by atoms with van der Waals surface area (Å²) in [4.78, 5) is 5.19. The Morgan fingerprint density at radius 1 is 1.58 bits per heavy atom. The van der Waals surface area contributed by atoms with E-state index in [9.17, 15) is 0 Å². The third kappa shape index (κ3) is 0.972. The molecule has 0 aromatic carbocycles. The van der Waals surface area contributed by atoms with Crippen LogP contribution in [0.4, 0.5) is 5.82 Å². The van der Waals surface area contributed by atoms with Crippen LogP contribution in [0.2, 0.25) is 0 Å². The zero-order chi connectivity index (χ0) is 8.72. The summed E-state index contributed by atoms with van der Waals surface area (Å²) < 4.78 is 1.68. The number of nitrogens with zero attached hydrogens (tertiary/aromatic N) is 3. The molecular formula is C7H10N4S. The summed E-state index contributed by atoms with van der Waals surface area (Å²) in [5.74, 6) is 1.87. The van der Waals surface area contributed by atoms with E-state index < -0.39 is 0 Å². The van der Waals surface area contributed by atoms with E-state index in [1.807, 2.05) is 5.38 Å². The summed E-state index contributed by atoms with van der Waals surface area (Å²) in [5.41, 5.74) is 5.66. The lowest BCUT2D eigenvalue weighted by molar-refractivity contribution is 0.768. The van der Waals surface area contributed by atoms with Gasteiger partial charge in [0, 0.05) is 11.3 Å². The number of rotatable bonds is 1. The third-order valence-electron chi connectivity index (χ3n) is 1.64. The van der Waals surface area contributed by atoms with Gasteiger partial charge in [0.2, 0.25) is 4.96 Å². The molecule has 0 spiro atoms. The van der Waals surface area contributed by atoms with Gasteiger partial charge in [-0.25, -0.2) is 4.98 Å². The van der Waals surface area contributed by atoms with Crippen LogP contribution in [-0.2, 0) is 0 Å². The monoisotopic (exact) mass is 182 g/mol. The second kappa shape index (κ2) is 2.45. The van der Waals surface area contributed by atoms with Gasteiger partial charge in [0.1, 0.15) is 5.82 Å². The fourth-order valence-electron chi connectivity index (χ4n) is 0.965. The molecule has 2 aromatic heterocycles. The van der Waals surface area contributed by atoms with Crippen LogP contribution in [-0.4, -0.2) is 14.6 Å². The van der Waals surface area contributed by atoms with Crippen molar-refractivity contribution in [2.45, 2.75) is 19.8 Å². The Balaban J connectivity index is 2.63. The molecule has 0 atom stereocenters. The Labute approximate surface area is 74.0 Å². The van der Waals surface area contributed by atoms with Crippen molar-refractivity contribution < 1.29 is 0 Å². The Morgan fingerprint density at radius 2 is 2.33 bits per heavy atom. The highest BCUT2D eigenvalue weighted by Gasteiger charge is 2.09. The smallest absolute Gasteiger partial charge is 0.214 e. The Kier molecular flexibility index (Phi) is 1.54. The van der Waals surface area contributed by atoms with Crippen LogP contribution in [0.25, 0.3) is 4.96 Å². The number of thiazole rings is 1. The highest BCUT2D eigenvalue weighted by Crippen LogP contribution is 2.18. The minimum atomic E-state index is 0.358. The molecule has 0 unspecified atom stereocenters. The first-order valence-electron chi connectivity index (χ1n) is 3.78. The second-order valence-corrected chi connectivity index (χ2v) is 3.82. The number of aromatic nitrogens is 3. The molecule has 64 valence electrons. The number of anilines is 1. The van der Waals surface area contributed by atoms with Gasteiger partial charge < -0.3 is 5.73 Å². The number of hydrogen-bond donors (Lipinski definition) is 1. The summed E-state index contributed by atoms with van der Waals surface area (Å²) in [5, 5.41) is 6.11. The topological polar surface area (TPSA) is 56.2 Å². The summed E-state index contributed by atoms with van der Waals surface area (Å²) in [6, 6.07) is 0. The molecule has 0 radical (unpaired) electrons. The molecule has 5 heteroatoms. The summed E-state index contributed by atoms with van der Waals surface area (Å²) >= 11 is 1.52. The average Bonchev–Trinajstić information content (AvgIpc) is 2.53. The van der Waals surface area contributed by atoms with E-state index in [4.69, 9.17) is 5.73 Å². The second-order valence-electron chi connectivity index (χ2n) is 2.98. The van der Waals surface area contributed by atoms with Gasteiger partial charge in [-0.15, -0.1) is 16.4 Å². The number of nitrogens with two attached hydrogens (primary N) is 1. The molecule has 0 saturated carbocycles. The van der Waals surface area contributed by atoms with E-state index in [1.54, 1.807) is 4.52 Å². The third-order valence-corrected chi connectivity index (χ3v) is 2.47. The van der Waals surface area contributed by atoms with Crippen molar-refractivity contribution in [3.63, 3.8) is 0 Å². The van der Waals surface area contributed by atoms with E-state index in [0.29, 0.717) is 11.7 Å². The van der Waals surface area contributed by atoms with Gasteiger partial charge in [0.15, 0.2) is 5.82 Å². The van der Waals surface area contributed by atoms with Gasteiger partial charge in [0.05, 0.1) is 0 Å². The highest BCUT2D eigenvalue weighted by molar-refractivity contribution is 7.15. The van der Waals surface area contributed by atoms with Crippen molar-refractivity contribution >= 4 is 22.1 Å². The average molecular weight is 182 g/mol. The lowest BCUT2D eigenvalue weighted by Gasteiger charge is -1.93. The van der Waals surface area contributed by atoms with E-state index in [-0.39, 0.29) is 0 Å². The van der Waals surface area contributed by atoms with E-state index in [2.05, 4.69) is 23.9 Å². The van der Waals surface area contributed by atoms with Crippen molar-refractivity contribution in [3.8, 4) is 0 Å². The molecule has 0 aliphatic rings. The Hall–Kier alpha value is -1.10. The molecule has 0 aliphatic heterocycles. The summed E-state index contributed by atoms with van der Waals surface area (Å²) in [7, 11) is 0. The van der Waals surface area contributed by atoms with Gasteiger partial charge >= 0.3 is 0 Å². The molecule has 0 saturated heterocycles. The quantitative estimate of drug-likeness (QED) is 0.727. The van der Waals surface area contributed by atoms with Crippen molar-refractivity contribution in [2.24, 2.45) is 0 Å². The molecule has 2 heterocycles. The lowest BCUT2D eigenvalue weighted by Crippen LogP contribution is -1.95. The standard InChI is InChI=1S/C7H10N4S/c1-4(2)6-9-7-11(10-6)5(8)3-12-7/h3-4H,8H2,1-2H3. The fourth-order valence-corrected chi connectivity index (χ4v) is 1.68. The Bertz CT molecular complexity index is 400. The van der Waals surface area contributed by atoms with Crippen LogP contribution in [0.15, 0.2) is 5.38 Å². The molecule has 4 nitrogen and oxygen atoms in total. The minimum absolute atomic E-state index is 0.358. The predicted octanol–water partition coefficient (Wildman–Crippen LogP) is 1.50. The van der Waals surface area contributed by atoms with Gasteiger partial charge in [-0.3, -0.25) is 0 Å². The summed E-state index contributed by atoms with van der Waals surface area (Å²) in [6.45, 7) is 4.13. The zero-order valence-corrected chi connectivity index (χ0v) is 7.80. The highest BCUT2D eigenvalue weighted by atomic mass is 32.1. The van der Waals surface area contributed by atoms with Crippen molar-refractivity contribution in [2.75, 3.05) is 5.73 Å². The van der Waals surface area contributed by atoms with Gasteiger partial charge in [0.25, 0.3) is 0 Å². The predicted molar refractivity (Wildman–Crippen MR) is 49.4 cm³/mol. The van der Waals surface area contributed by atoms with Crippen LogP contribution in [0.3, 0.4) is 0 Å². The fraction of sp³-hybridized carbons (Fsp3) is 0.429.